The van der Waals surface area contributed by atoms with Crippen molar-refractivity contribution in [2.24, 2.45) is 0 Å². The van der Waals surface area contributed by atoms with Crippen molar-refractivity contribution >= 4 is 66.6 Å². The van der Waals surface area contributed by atoms with E-state index in [-0.39, 0.29) is 5.97 Å². The first kappa shape index (κ1) is 40.6. The maximum Gasteiger partial charge on any atom is 0.337 e. The Morgan fingerprint density at radius 3 is 1.19 bits per heavy atom. The molecule has 0 amide bonds. The Morgan fingerprint density at radius 1 is 0.368 bits per heavy atom. The highest BCUT2D eigenvalue weighted by Crippen LogP contribution is 2.43. The van der Waals surface area contributed by atoms with E-state index in [2.05, 4.69) is 233 Å². The highest BCUT2D eigenvalue weighted by Gasteiger charge is 2.20. The minimum Gasteiger partial charge on any atom is -0.465 e. The number of ether oxygens (including phenoxy) is 1. The van der Waals surface area contributed by atoms with Gasteiger partial charge in [-0.3, -0.25) is 0 Å². The molecule has 0 aliphatic heterocycles. The third-order valence-electron chi connectivity index (χ3n) is 13.3. The lowest BCUT2D eigenvalue weighted by molar-refractivity contribution is 0.0600. The van der Waals surface area contributed by atoms with Gasteiger partial charge in [-0.25, -0.2) is 4.79 Å². The number of anilines is 3. The van der Waals surface area contributed by atoms with E-state index in [1.54, 1.807) is 0 Å². The Kier molecular flexibility index (Phi) is 10.0. The zero-order valence-corrected chi connectivity index (χ0v) is 37.7. The highest BCUT2D eigenvalue weighted by atomic mass is 16.5. The van der Waals surface area contributed by atoms with Crippen molar-refractivity contribution in [2.45, 2.75) is 6.92 Å². The number of methoxy groups -OCH3 is 1. The standard InChI is InChI=1S/C63H45N3O2/c1-42-16-30-51(31-17-42)65-59-14-8-6-12-55(59)57-40-53(36-38-61(57)65)64(54-37-39-62-58(41-54)56-13-7-9-15-60(56)66(62)52-34-28-49(29-35-52)63(67)68-2)50-32-26-48(27-33-50)47-24-22-46(23-25-47)45-20-18-44(19-21-45)43-10-4-3-5-11-43/h3-41H,1-2H3. The molecular formula is C63H45N3O2. The summed E-state index contributed by atoms with van der Waals surface area (Å²) in [4.78, 5) is 14.7. The predicted molar refractivity (Wildman–Crippen MR) is 282 cm³/mol. The van der Waals surface area contributed by atoms with Gasteiger partial charge in [-0.1, -0.05) is 145 Å². The smallest absolute Gasteiger partial charge is 0.337 e. The molecule has 0 aliphatic rings. The number of fused-ring (bicyclic) bond motifs is 6. The number of para-hydroxylation sites is 2. The summed E-state index contributed by atoms with van der Waals surface area (Å²) in [5, 5.41) is 4.66. The van der Waals surface area contributed by atoms with Gasteiger partial charge < -0.3 is 18.8 Å². The Morgan fingerprint density at radius 2 is 0.735 bits per heavy atom. The first-order chi connectivity index (χ1) is 33.5. The van der Waals surface area contributed by atoms with Crippen molar-refractivity contribution in [3.05, 3.63) is 248 Å². The summed E-state index contributed by atoms with van der Waals surface area (Å²) in [5.41, 5.74) is 18.6. The molecule has 68 heavy (non-hydrogen) atoms. The van der Waals surface area contributed by atoms with Crippen LogP contribution in [-0.2, 0) is 4.74 Å². The van der Waals surface area contributed by atoms with Gasteiger partial charge in [-0.15, -0.1) is 0 Å². The SMILES string of the molecule is COC(=O)c1ccc(-n2c3ccccc3c3cc(N(c4ccc(-c5ccc(-c6ccc(-c7ccccc7)cc6)cc5)cc4)c4ccc5c(c4)c4ccccc4n5-c4ccc(C)cc4)ccc32)cc1. The van der Waals surface area contributed by atoms with Crippen LogP contribution in [0.5, 0.6) is 0 Å². The second kappa shape index (κ2) is 16.8. The minimum absolute atomic E-state index is 0.353. The van der Waals surface area contributed by atoms with Crippen LogP contribution in [0.25, 0.3) is 88.4 Å². The summed E-state index contributed by atoms with van der Waals surface area (Å²) < 4.78 is 9.64. The molecule has 0 aliphatic carbocycles. The molecule has 2 aromatic heterocycles. The minimum atomic E-state index is -0.353. The molecule has 5 nitrogen and oxygen atoms in total. The van der Waals surface area contributed by atoms with Gasteiger partial charge in [0.1, 0.15) is 0 Å². The number of aryl methyl sites for hydroxylation is 1. The summed E-state index contributed by atoms with van der Waals surface area (Å²) in [6.45, 7) is 2.13. The first-order valence-electron chi connectivity index (χ1n) is 23.0. The number of aromatic nitrogens is 2. The second-order valence-corrected chi connectivity index (χ2v) is 17.4. The first-order valence-corrected chi connectivity index (χ1v) is 23.0. The third kappa shape index (κ3) is 7.09. The van der Waals surface area contributed by atoms with Crippen LogP contribution in [0, 0.1) is 6.92 Å². The Bertz CT molecular complexity index is 3810. The molecule has 0 bridgehead atoms. The van der Waals surface area contributed by atoms with Crippen LogP contribution < -0.4 is 4.90 Å². The van der Waals surface area contributed by atoms with Gasteiger partial charge in [-0.05, 0) is 137 Å². The number of carbonyl (C=O) groups excluding carboxylic acids is 1. The Labute approximate surface area is 395 Å². The van der Waals surface area contributed by atoms with E-state index in [0.717, 1.165) is 66.9 Å². The van der Waals surface area contributed by atoms with Crippen LogP contribution in [0.3, 0.4) is 0 Å². The number of rotatable bonds is 9. The predicted octanol–water partition coefficient (Wildman–Crippen LogP) is 16.4. The summed E-state index contributed by atoms with van der Waals surface area (Å²) >= 11 is 0. The van der Waals surface area contributed by atoms with Crippen LogP contribution in [0.15, 0.2) is 237 Å². The summed E-state index contributed by atoms with van der Waals surface area (Å²) in [6, 6.07) is 84.4. The second-order valence-electron chi connectivity index (χ2n) is 17.4. The average Bonchev–Trinajstić information content (AvgIpc) is 3.92. The number of esters is 1. The fourth-order valence-corrected chi connectivity index (χ4v) is 9.91. The highest BCUT2D eigenvalue weighted by molar-refractivity contribution is 6.12. The monoisotopic (exact) mass is 875 g/mol. The molecule has 10 aromatic carbocycles. The fraction of sp³-hybridized carbons (Fsp3) is 0.0317. The molecule has 0 radical (unpaired) electrons. The summed E-state index contributed by atoms with van der Waals surface area (Å²) in [5.74, 6) is -0.353. The molecule has 0 atom stereocenters. The van der Waals surface area contributed by atoms with Crippen molar-refractivity contribution in [3.8, 4) is 44.8 Å². The van der Waals surface area contributed by atoms with Crippen LogP contribution in [0.4, 0.5) is 17.1 Å². The normalized spacial score (nSPS) is 11.4. The zero-order chi connectivity index (χ0) is 45.7. The molecule has 12 rings (SSSR count). The lowest BCUT2D eigenvalue weighted by Gasteiger charge is -2.26. The lowest BCUT2D eigenvalue weighted by Crippen LogP contribution is -2.10. The van der Waals surface area contributed by atoms with E-state index >= 15 is 0 Å². The van der Waals surface area contributed by atoms with Crippen molar-refractivity contribution in [1.82, 2.24) is 9.13 Å². The topological polar surface area (TPSA) is 39.4 Å². The van der Waals surface area contributed by atoms with E-state index in [1.807, 2.05) is 24.3 Å². The molecule has 324 valence electrons. The third-order valence-corrected chi connectivity index (χ3v) is 13.3. The van der Waals surface area contributed by atoms with Crippen LogP contribution in [0.1, 0.15) is 15.9 Å². The molecule has 2 heterocycles. The maximum absolute atomic E-state index is 12.3. The number of benzene rings is 10. The van der Waals surface area contributed by atoms with Crippen molar-refractivity contribution in [1.29, 1.82) is 0 Å². The van der Waals surface area contributed by atoms with Gasteiger partial charge in [0.25, 0.3) is 0 Å². The molecule has 0 saturated carbocycles. The quantitative estimate of drug-likeness (QED) is 0.136. The van der Waals surface area contributed by atoms with Gasteiger partial charge in [-0.2, -0.15) is 0 Å². The van der Waals surface area contributed by atoms with Gasteiger partial charge >= 0.3 is 5.97 Å². The average molecular weight is 876 g/mol. The van der Waals surface area contributed by atoms with E-state index in [0.29, 0.717) is 5.56 Å². The van der Waals surface area contributed by atoms with Gasteiger partial charge in [0, 0.05) is 50.0 Å². The Hall–Kier alpha value is -8.93. The largest absolute Gasteiger partial charge is 0.465 e. The van der Waals surface area contributed by atoms with E-state index in [1.165, 1.54) is 51.2 Å². The van der Waals surface area contributed by atoms with E-state index in [9.17, 15) is 4.79 Å². The maximum atomic E-state index is 12.3. The van der Waals surface area contributed by atoms with Gasteiger partial charge in [0.2, 0.25) is 0 Å². The van der Waals surface area contributed by atoms with Gasteiger partial charge in [0.15, 0.2) is 0 Å². The number of hydrogen-bond donors (Lipinski definition) is 0. The summed E-state index contributed by atoms with van der Waals surface area (Å²) in [6.07, 6.45) is 0. The van der Waals surface area contributed by atoms with Crippen molar-refractivity contribution in [3.63, 3.8) is 0 Å². The van der Waals surface area contributed by atoms with Crippen LogP contribution in [-0.4, -0.2) is 22.2 Å². The van der Waals surface area contributed by atoms with Crippen LogP contribution >= 0.6 is 0 Å². The van der Waals surface area contributed by atoms with Crippen molar-refractivity contribution < 1.29 is 9.53 Å². The number of hydrogen-bond acceptors (Lipinski definition) is 3. The molecule has 5 heteroatoms. The fourth-order valence-electron chi connectivity index (χ4n) is 9.91. The van der Waals surface area contributed by atoms with E-state index in [4.69, 9.17) is 4.74 Å². The zero-order valence-electron chi connectivity index (χ0n) is 37.7. The molecule has 0 spiro atoms. The number of nitrogens with zero attached hydrogens (tertiary/aromatic N) is 3. The van der Waals surface area contributed by atoms with Crippen LogP contribution in [0.2, 0.25) is 0 Å². The molecule has 0 saturated heterocycles. The Balaban J connectivity index is 0.965. The molecule has 0 unspecified atom stereocenters. The number of carbonyl (C=O) groups is 1. The molecule has 0 N–H and O–H groups in total. The molecule has 0 fully saturated rings. The molecule has 12 aromatic rings. The lowest BCUT2D eigenvalue weighted by atomic mass is 9.98. The summed E-state index contributed by atoms with van der Waals surface area (Å²) in [7, 11) is 1.41. The van der Waals surface area contributed by atoms with E-state index < -0.39 is 0 Å². The van der Waals surface area contributed by atoms with Gasteiger partial charge in [0.05, 0.1) is 34.7 Å². The van der Waals surface area contributed by atoms with Crippen molar-refractivity contribution in [2.75, 3.05) is 12.0 Å². The molecular weight excluding hydrogens is 831 g/mol.